The van der Waals surface area contributed by atoms with E-state index in [2.05, 4.69) is 5.32 Å². The van der Waals surface area contributed by atoms with E-state index in [0.29, 0.717) is 18.2 Å². The number of ether oxygens (including phenoxy) is 1. The highest BCUT2D eigenvalue weighted by molar-refractivity contribution is 6.31. The number of benzene rings is 1. The third-order valence-corrected chi connectivity index (χ3v) is 2.78. The van der Waals surface area contributed by atoms with E-state index >= 15 is 0 Å². The lowest BCUT2D eigenvalue weighted by Gasteiger charge is -2.25. The highest BCUT2D eigenvalue weighted by Crippen LogP contribution is 2.23. The van der Waals surface area contributed by atoms with E-state index in [0.717, 1.165) is 12.1 Å². The summed E-state index contributed by atoms with van der Waals surface area (Å²) in [6.45, 7) is 1.88. The van der Waals surface area contributed by atoms with Crippen LogP contribution in [-0.2, 0) is 4.74 Å². The average Bonchev–Trinajstić information content (AvgIpc) is 2.30. The number of carboxylic acid groups (broad SMARTS) is 1. The van der Waals surface area contributed by atoms with Crippen molar-refractivity contribution in [3.8, 4) is 0 Å². The molecular weight excluding hydrogens is 230 g/mol. The Bertz CT molecular complexity index is 402. The fraction of sp³-hybridized carbons (Fsp3) is 0.364. The monoisotopic (exact) mass is 241 g/mol. The Morgan fingerprint density at radius 1 is 1.56 bits per heavy atom. The molecule has 2 rings (SSSR count). The lowest BCUT2D eigenvalue weighted by Crippen LogP contribution is -2.35. The zero-order chi connectivity index (χ0) is 11.5. The fourth-order valence-corrected chi connectivity index (χ4v) is 1.95. The van der Waals surface area contributed by atoms with Gasteiger partial charge < -0.3 is 15.2 Å². The number of aromatic carboxylic acids is 1. The largest absolute Gasteiger partial charge is 0.478 e. The van der Waals surface area contributed by atoms with Crippen LogP contribution in [0.25, 0.3) is 0 Å². The molecule has 86 valence electrons. The molecule has 1 aliphatic heterocycles. The van der Waals surface area contributed by atoms with Crippen LogP contribution in [0.1, 0.15) is 22.0 Å². The molecule has 0 aromatic heterocycles. The summed E-state index contributed by atoms with van der Waals surface area (Å²) < 4.78 is 5.31. The van der Waals surface area contributed by atoms with Gasteiger partial charge in [0, 0.05) is 11.6 Å². The van der Waals surface area contributed by atoms with Gasteiger partial charge >= 0.3 is 5.97 Å². The molecule has 0 unspecified atom stereocenters. The Labute approximate surface area is 98.2 Å². The van der Waals surface area contributed by atoms with Gasteiger partial charge in [-0.2, -0.15) is 0 Å². The molecule has 4 nitrogen and oxygen atoms in total. The van der Waals surface area contributed by atoms with E-state index in [1.54, 1.807) is 12.1 Å². The minimum Gasteiger partial charge on any atom is -0.478 e. The molecule has 1 fully saturated rings. The molecule has 1 atom stereocenters. The molecule has 0 spiro atoms. The standard InChI is InChI=1S/C11H12ClNO3/c12-7-1-2-8(9(5-7)11(14)15)10-6-16-4-3-13-10/h1-2,5,10,13H,3-4,6H2,(H,14,15)/t10-/m1/s1. The molecule has 0 amide bonds. The summed E-state index contributed by atoms with van der Waals surface area (Å²) in [7, 11) is 0. The van der Waals surface area contributed by atoms with Crippen molar-refractivity contribution in [2.24, 2.45) is 0 Å². The van der Waals surface area contributed by atoms with Gasteiger partial charge in [0.1, 0.15) is 0 Å². The molecule has 0 saturated carbocycles. The summed E-state index contributed by atoms with van der Waals surface area (Å²) >= 11 is 5.78. The Morgan fingerprint density at radius 2 is 2.38 bits per heavy atom. The Hall–Kier alpha value is -1.10. The van der Waals surface area contributed by atoms with Gasteiger partial charge in [0.2, 0.25) is 0 Å². The topological polar surface area (TPSA) is 58.6 Å². The minimum atomic E-state index is -0.968. The van der Waals surface area contributed by atoms with E-state index in [1.807, 2.05) is 0 Å². The van der Waals surface area contributed by atoms with E-state index in [-0.39, 0.29) is 11.6 Å². The van der Waals surface area contributed by atoms with E-state index in [4.69, 9.17) is 21.4 Å². The van der Waals surface area contributed by atoms with Crippen LogP contribution < -0.4 is 5.32 Å². The average molecular weight is 242 g/mol. The Morgan fingerprint density at radius 3 is 3.00 bits per heavy atom. The van der Waals surface area contributed by atoms with Gasteiger partial charge in [-0.1, -0.05) is 17.7 Å². The summed E-state index contributed by atoms with van der Waals surface area (Å²) in [6.07, 6.45) is 0. The third-order valence-electron chi connectivity index (χ3n) is 2.54. The predicted molar refractivity (Wildman–Crippen MR) is 60.0 cm³/mol. The first-order chi connectivity index (χ1) is 7.68. The van der Waals surface area contributed by atoms with Crippen molar-refractivity contribution in [3.05, 3.63) is 34.3 Å². The van der Waals surface area contributed by atoms with E-state index in [1.165, 1.54) is 6.07 Å². The van der Waals surface area contributed by atoms with Crippen LogP contribution in [0.4, 0.5) is 0 Å². The van der Waals surface area contributed by atoms with Crippen molar-refractivity contribution in [2.45, 2.75) is 6.04 Å². The number of morpholine rings is 1. The van der Waals surface area contributed by atoms with Crippen LogP contribution in [0.15, 0.2) is 18.2 Å². The Balaban J connectivity index is 2.34. The molecule has 0 radical (unpaired) electrons. The SMILES string of the molecule is O=C(O)c1cc(Cl)ccc1[C@H]1COCCN1. The van der Waals surface area contributed by atoms with Crippen molar-refractivity contribution >= 4 is 17.6 Å². The second kappa shape index (κ2) is 4.82. The van der Waals surface area contributed by atoms with Crippen LogP contribution in [0, 0.1) is 0 Å². The first-order valence-electron chi connectivity index (χ1n) is 5.02. The second-order valence-corrected chi connectivity index (χ2v) is 4.05. The maximum absolute atomic E-state index is 11.1. The lowest BCUT2D eigenvalue weighted by molar-refractivity contribution is 0.0673. The molecule has 1 saturated heterocycles. The van der Waals surface area contributed by atoms with Crippen molar-refractivity contribution in [1.29, 1.82) is 0 Å². The third kappa shape index (κ3) is 2.35. The van der Waals surface area contributed by atoms with Gasteiger partial charge in [0.05, 0.1) is 24.8 Å². The smallest absolute Gasteiger partial charge is 0.336 e. The van der Waals surface area contributed by atoms with Crippen LogP contribution in [0.5, 0.6) is 0 Å². The summed E-state index contributed by atoms with van der Waals surface area (Å²) in [5.74, 6) is -0.968. The molecule has 1 aromatic rings. The predicted octanol–water partition coefficient (Wildman–Crippen LogP) is 1.70. The zero-order valence-electron chi connectivity index (χ0n) is 8.57. The number of hydrogen-bond acceptors (Lipinski definition) is 3. The van der Waals surface area contributed by atoms with Gasteiger partial charge in [-0.15, -0.1) is 0 Å². The summed E-state index contributed by atoms with van der Waals surface area (Å²) in [5.41, 5.74) is 0.951. The number of halogens is 1. The van der Waals surface area contributed by atoms with Gasteiger partial charge in [0.15, 0.2) is 0 Å². The van der Waals surface area contributed by atoms with Gasteiger partial charge in [-0.25, -0.2) is 4.79 Å². The van der Waals surface area contributed by atoms with Crippen LogP contribution >= 0.6 is 11.6 Å². The lowest BCUT2D eigenvalue weighted by atomic mass is 10.0. The van der Waals surface area contributed by atoms with E-state index < -0.39 is 5.97 Å². The summed E-state index contributed by atoms with van der Waals surface area (Å²) in [4.78, 5) is 11.1. The molecule has 1 aliphatic rings. The molecule has 2 N–H and O–H groups in total. The molecule has 0 aliphatic carbocycles. The Kier molecular flexibility index (Phi) is 3.43. The summed E-state index contributed by atoms with van der Waals surface area (Å²) in [5, 5.41) is 12.7. The van der Waals surface area contributed by atoms with Crippen LogP contribution in [-0.4, -0.2) is 30.8 Å². The van der Waals surface area contributed by atoms with Crippen molar-refractivity contribution in [1.82, 2.24) is 5.32 Å². The highest BCUT2D eigenvalue weighted by atomic mass is 35.5. The van der Waals surface area contributed by atoms with Gasteiger partial charge in [-0.05, 0) is 17.7 Å². The van der Waals surface area contributed by atoms with Crippen LogP contribution in [0.2, 0.25) is 5.02 Å². The molecular formula is C11H12ClNO3. The molecule has 1 heterocycles. The second-order valence-electron chi connectivity index (χ2n) is 3.62. The maximum Gasteiger partial charge on any atom is 0.336 e. The number of carbonyl (C=O) groups is 1. The molecule has 5 heteroatoms. The van der Waals surface area contributed by atoms with Crippen LogP contribution in [0.3, 0.4) is 0 Å². The normalized spacial score (nSPS) is 20.7. The highest BCUT2D eigenvalue weighted by Gasteiger charge is 2.21. The molecule has 1 aromatic carbocycles. The first kappa shape index (κ1) is 11.4. The van der Waals surface area contributed by atoms with E-state index in [9.17, 15) is 4.79 Å². The minimum absolute atomic E-state index is 0.0721. The van der Waals surface area contributed by atoms with Crippen molar-refractivity contribution in [3.63, 3.8) is 0 Å². The van der Waals surface area contributed by atoms with Gasteiger partial charge in [-0.3, -0.25) is 0 Å². The quantitative estimate of drug-likeness (QED) is 0.828. The number of carboxylic acids is 1. The number of hydrogen-bond donors (Lipinski definition) is 2. The fourth-order valence-electron chi connectivity index (χ4n) is 1.78. The first-order valence-corrected chi connectivity index (χ1v) is 5.40. The molecule has 0 bridgehead atoms. The number of nitrogens with one attached hydrogen (secondary N) is 1. The van der Waals surface area contributed by atoms with Gasteiger partial charge in [0.25, 0.3) is 0 Å². The maximum atomic E-state index is 11.1. The van der Waals surface area contributed by atoms with Crippen molar-refractivity contribution in [2.75, 3.05) is 19.8 Å². The summed E-state index contributed by atoms with van der Waals surface area (Å²) in [6, 6.07) is 4.82. The molecule has 16 heavy (non-hydrogen) atoms. The van der Waals surface area contributed by atoms with Crippen molar-refractivity contribution < 1.29 is 14.6 Å². The zero-order valence-corrected chi connectivity index (χ0v) is 9.33. The number of rotatable bonds is 2.